The van der Waals surface area contributed by atoms with Gasteiger partial charge in [0.05, 0.1) is 12.4 Å². The Bertz CT molecular complexity index is 558. The van der Waals surface area contributed by atoms with Crippen molar-refractivity contribution in [1.82, 2.24) is 15.2 Å². The zero-order chi connectivity index (χ0) is 14.5. The highest BCUT2D eigenvalue weighted by Gasteiger charge is 2.24. The molecule has 0 radical (unpaired) electrons. The summed E-state index contributed by atoms with van der Waals surface area (Å²) < 4.78 is 5.45. The number of aryl methyl sites for hydroxylation is 1. The Hall–Kier alpha value is -1.53. The van der Waals surface area contributed by atoms with E-state index in [1.54, 1.807) is 18.9 Å². The van der Waals surface area contributed by atoms with Crippen LogP contribution in [0.2, 0.25) is 0 Å². The van der Waals surface area contributed by atoms with Crippen molar-refractivity contribution in [2.24, 2.45) is 5.73 Å². The van der Waals surface area contributed by atoms with Crippen molar-refractivity contribution < 1.29 is 4.74 Å². The van der Waals surface area contributed by atoms with E-state index in [1.165, 1.54) is 0 Å². The molecule has 6 heteroatoms. The van der Waals surface area contributed by atoms with Gasteiger partial charge in [0.2, 0.25) is 5.16 Å². The standard InChI is InChI=1S/C14H20N4OS/c1-4-11(15)13(20-14-16-9(2)17-18-14)10-7-5-6-8-12(10)19-3/h5-8,11,13H,4,15H2,1-3H3,(H,16,17,18). The van der Waals surface area contributed by atoms with Gasteiger partial charge < -0.3 is 10.5 Å². The second-order valence-corrected chi connectivity index (χ2v) is 5.66. The van der Waals surface area contributed by atoms with Crippen LogP contribution in [0.15, 0.2) is 29.4 Å². The molecule has 0 aliphatic rings. The number of ether oxygens (including phenoxy) is 1. The molecule has 1 aromatic heterocycles. The Balaban J connectivity index is 2.32. The number of para-hydroxylation sites is 1. The second kappa shape index (κ2) is 6.76. The largest absolute Gasteiger partial charge is 0.496 e. The number of hydrogen-bond acceptors (Lipinski definition) is 5. The number of rotatable bonds is 6. The molecule has 1 heterocycles. The van der Waals surface area contributed by atoms with Crippen LogP contribution in [0, 0.1) is 6.92 Å². The number of thioether (sulfide) groups is 1. The summed E-state index contributed by atoms with van der Waals surface area (Å²) in [4.78, 5) is 4.35. The number of nitrogens with two attached hydrogens (primary N) is 1. The SMILES string of the molecule is CCC(N)C(Sc1n[nH]c(C)n1)c1ccccc1OC. The predicted molar refractivity (Wildman–Crippen MR) is 81.0 cm³/mol. The number of hydrogen-bond donors (Lipinski definition) is 2. The summed E-state index contributed by atoms with van der Waals surface area (Å²) in [7, 11) is 1.68. The molecule has 2 aromatic rings. The third kappa shape index (κ3) is 3.32. The van der Waals surface area contributed by atoms with Crippen LogP contribution in [-0.4, -0.2) is 28.3 Å². The van der Waals surface area contributed by atoms with Gasteiger partial charge in [-0.15, -0.1) is 5.10 Å². The van der Waals surface area contributed by atoms with Crippen LogP contribution in [0.1, 0.15) is 30.0 Å². The van der Waals surface area contributed by atoms with Crippen LogP contribution in [0.25, 0.3) is 0 Å². The monoisotopic (exact) mass is 292 g/mol. The van der Waals surface area contributed by atoms with E-state index in [0.29, 0.717) is 5.16 Å². The molecule has 0 spiro atoms. The molecule has 0 saturated carbocycles. The van der Waals surface area contributed by atoms with E-state index >= 15 is 0 Å². The van der Waals surface area contributed by atoms with E-state index in [2.05, 4.69) is 22.1 Å². The van der Waals surface area contributed by atoms with Crippen LogP contribution < -0.4 is 10.5 Å². The molecule has 0 bridgehead atoms. The van der Waals surface area contributed by atoms with Gasteiger partial charge in [-0.25, -0.2) is 4.98 Å². The van der Waals surface area contributed by atoms with Crippen LogP contribution in [0.5, 0.6) is 5.75 Å². The minimum Gasteiger partial charge on any atom is -0.496 e. The van der Waals surface area contributed by atoms with Crippen molar-refractivity contribution in [2.75, 3.05) is 7.11 Å². The fourth-order valence-electron chi connectivity index (χ4n) is 1.99. The highest BCUT2D eigenvalue weighted by Crippen LogP contribution is 2.40. The van der Waals surface area contributed by atoms with Crippen molar-refractivity contribution in [3.05, 3.63) is 35.7 Å². The maximum Gasteiger partial charge on any atom is 0.209 e. The van der Waals surface area contributed by atoms with E-state index in [4.69, 9.17) is 10.5 Å². The minimum atomic E-state index is 0.00936. The van der Waals surface area contributed by atoms with Gasteiger partial charge in [0.15, 0.2) is 0 Å². The molecule has 0 amide bonds. The fourth-order valence-corrected chi connectivity index (χ4v) is 3.19. The van der Waals surface area contributed by atoms with Gasteiger partial charge >= 0.3 is 0 Å². The number of nitrogens with zero attached hydrogens (tertiary/aromatic N) is 2. The molecule has 5 nitrogen and oxygen atoms in total. The first-order valence-corrected chi connectivity index (χ1v) is 7.47. The third-order valence-corrected chi connectivity index (χ3v) is 4.37. The summed E-state index contributed by atoms with van der Waals surface area (Å²) in [5.74, 6) is 1.65. The van der Waals surface area contributed by atoms with Crippen molar-refractivity contribution in [3.8, 4) is 5.75 Å². The lowest BCUT2D eigenvalue weighted by atomic mass is 10.0. The average Bonchev–Trinajstić information content (AvgIpc) is 2.89. The molecule has 20 heavy (non-hydrogen) atoms. The van der Waals surface area contributed by atoms with Gasteiger partial charge in [-0.1, -0.05) is 36.9 Å². The van der Waals surface area contributed by atoms with Gasteiger partial charge in [-0.05, 0) is 19.4 Å². The molecule has 1 aromatic carbocycles. The van der Waals surface area contributed by atoms with E-state index < -0.39 is 0 Å². The first-order chi connectivity index (χ1) is 9.65. The summed E-state index contributed by atoms with van der Waals surface area (Å²) in [6.07, 6.45) is 0.874. The van der Waals surface area contributed by atoms with Gasteiger partial charge in [0.25, 0.3) is 0 Å². The molecule has 2 rings (SSSR count). The van der Waals surface area contributed by atoms with Crippen molar-refractivity contribution in [3.63, 3.8) is 0 Å². The van der Waals surface area contributed by atoms with Gasteiger partial charge in [0, 0.05) is 11.6 Å². The van der Waals surface area contributed by atoms with Crippen LogP contribution in [-0.2, 0) is 0 Å². The summed E-state index contributed by atoms with van der Waals surface area (Å²) in [6.45, 7) is 3.96. The smallest absolute Gasteiger partial charge is 0.209 e. The maximum absolute atomic E-state index is 6.29. The zero-order valence-corrected chi connectivity index (χ0v) is 12.8. The van der Waals surface area contributed by atoms with Gasteiger partial charge in [0.1, 0.15) is 11.6 Å². The molecule has 0 aliphatic heterocycles. The molecule has 0 saturated heterocycles. The zero-order valence-electron chi connectivity index (χ0n) is 12.0. The molecular formula is C14H20N4OS. The Morgan fingerprint density at radius 2 is 2.15 bits per heavy atom. The lowest BCUT2D eigenvalue weighted by Crippen LogP contribution is -2.26. The average molecular weight is 292 g/mol. The molecule has 108 valence electrons. The number of aromatic amines is 1. The quantitative estimate of drug-likeness (QED) is 0.800. The summed E-state index contributed by atoms with van der Waals surface area (Å²) in [6, 6.07) is 7.96. The lowest BCUT2D eigenvalue weighted by molar-refractivity contribution is 0.407. The summed E-state index contributed by atoms with van der Waals surface area (Å²) in [5, 5.41) is 7.81. The van der Waals surface area contributed by atoms with Gasteiger partial charge in [-0.2, -0.15) is 0 Å². The van der Waals surface area contributed by atoms with E-state index in [1.807, 2.05) is 31.2 Å². The van der Waals surface area contributed by atoms with Gasteiger partial charge in [-0.3, -0.25) is 5.10 Å². The number of benzene rings is 1. The first kappa shape index (κ1) is 14.9. The number of nitrogens with one attached hydrogen (secondary N) is 1. The summed E-state index contributed by atoms with van der Waals surface area (Å²) in [5.41, 5.74) is 7.37. The highest BCUT2D eigenvalue weighted by atomic mass is 32.2. The van der Waals surface area contributed by atoms with Crippen LogP contribution in [0.3, 0.4) is 0 Å². The molecule has 3 N–H and O–H groups in total. The number of aromatic nitrogens is 3. The summed E-state index contributed by atoms with van der Waals surface area (Å²) >= 11 is 1.57. The maximum atomic E-state index is 6.29. The Kier molecular flexibility index (Phi) is 5.03. The van der Waals surface area contributed by atoms with E-state index in [-0.39, 0.29) is 11.3 Å². The molecule has 0 fully saturated rings. The molecule has 0 aliphatic carbocycles. The molecular weight excluding hydrogens is 272 g/mol. The first-order valence-electron chi connectivity index (χ1n) is 6.59. The molecule has 2 unspecified atom stereocenters. The van der Waals surface area contributed by atoms with Crippen LogP contribution >= 0.6 is 11.8 Å². The van der Waals surface area contributed by atoms with Crippen molar-refractivity contribution in [1.29, 1.82) is 0 Å². The van der Waals surface area contributed by atoms with Crippen LogP contribution in [0.4, 0.5) is 0 Å². The number of H-pyrrole nitrogens is 1. The Labute approximate surface area is 123 Å². The van der Waals surface area contributed by atoms with E-state index in [9.17, 15) is 0 Å². The normalized spacial score (nSPS) is 14.0. The molecule has 2 atom stereocenters. The minimum absolute atomic E-state index is 0.00936. The topological polar surface area (TPSA) is 76.8 Å². The van der Waals surface area contributed by atoms with Crippen molar-refractivity contribution >= 4 is 11.8 Å². The third-order valence-electron chi connectivity index (χ3n) is 3.11. The lowest BCUT2D eigenvalue weighted by Gasteiger charge is -2.23. The highest BCUT2D eigenvalue weighted by molar-refractivity contribution is 7.99. The fraction of sp³-hybridized carbons (Fsp3) is 0.429. The van der Waals surface area contributed by atoms with Crippen molar-refractivity contribution in [2.45, 2.75) is 36.7 Å². The van der Waals surface area contributed by atoms with E-state index in [0.717, 1.165) is 23.6 Å². The predicted octanol–water partition coefficient (Wildman–Crippen LogP) is 2.69. The number of methoxy groups -OCH3 is 1. The second-order valence-electron chi connectivity index (χ2n) is 4.56. The Morgan fingerprint density at radius 1 is 1.40 bits per heavy atom. The Morgan fingerprint density at radius 3 is 2.75 bits per heavy atom.